The van der Waals surface area contributed by atoms with Crippen molar-refractivity contribution in [3.63, 3.8) is 0 Å². The first-order chi connectivity index (χ1) is 58.6. The Kier molecular flexibility index (Phi) is 26.9. The molecule has 650 valence electrons. The zero-order valence-corrected chi connectivity index (χ0v) is 78.1. The highest BCUT2D eigenvalue weighted by molar-refractivity contribution is 7.65. The van der Waals surface area contributed by atoms with E-state index in [-0.39, 0.29) is 121 Å². The number of hydrogen-bond acceptors (Lipinski definition) is 16. The number of rotatable bonds is 12. The van der Waals surface area contributed by atoms with E-state index < -0.39 is 39.8 Å². The topological polar surface area (TPSA) is 246 Å². The first kappa shape index (κ1) is 91.5. The maximum Gasteiger partial charge on any atom is 0.286 e. The van der Waals surface area contributed by atoms with E-state index in [1.807, 2.05) is 109 Å². The Hall–Kier alpha value is -10.2. The van der Waals surface area contributed by atoms with Crippen molar-refractivity contribution in [1.29, 1.82) is 0 Å². The highest BCUT2D eigenvalue weighted by Crippen LogP contribution is 2.64. The number of thiazole rings is 1. The monoisotopic (exact) mass is 1820 g/mol. The zero-order chi connectivity index (χ0) is 89.9. The fraction of sp³-hybridized carbons (Fsp3) is 0.356. The molecule has 3 fully saturated rings. The number of pyridine rings is 5. The summed E-state index contributed by atoms with van der Waals surface area (Å²) in [6.07, 6.45) is 7.43. The highest BCUT2D eigenvalue weighted by atomic mass is 35.5. The summed E-state index contributed by atoms with van der Waals surface area (Å²) in [6.45, 7) is 46.3. The van der Waals surface area contributed by atoms with Crippen molar-refractivity contribution < 1.29 is 41.3 Å². The van der Waals surface area contributed by atoms with Crippen LogP contribution in [0.5, 0.6) is 0 Å². The van der Waals surface area contributed by atoms with Gasteiger partial charge in [0.1, 0.15) is 40.0 Å². The minimum absolute atomic E-state index is 0.0170. The van der Waals surface area contributed by atoms with Gasteiger partial charge in [0.25, 0.3) is 22.3 Å². The van der Waals surface area contributed by atoms with Gasteiger partial charge >= 0.3 is 0 Å². The minimum Gasteiger partial charge on any atom is -0.349 e. The molecular formula is C90H101Cl3F3N18O6P3S. The Morgan fingerprint density at radius 1 is 0.427 bits per heavy atom. The average molecular weight is 1820 g/mol. The molecule has 0 spiro atoms. The Morgan fingerprint density at radius 3 is 1.01 bits per heavy atom. The molecule has 3 saturated heterocycles. The fourth-order valence-corrected chi connectivity index (χ4v) is 24.1. The number of anilines is 6. The molecule has 6 aliphatic rings. The van der Waals surface area contributed by atoms with Crippen molar-refractivity contribution in [2.24, 2.45) is 14.3 Å². The fourth-order valence-electron chi connectivity index (χ4n) is 16.7. The summed E-state index contributed by atoms with van der Waals surface area (Å²) < 4.78 is 109. The first-order valence-electron chi connectivity index (χ1n) is 40.9. The predicted octanol–water partition coefficient (Wildman–Crippen LogP) is 21.3. The minimum atomic E-state index is -3.55. The van der Waals surface area contributed by atoms with E-state index in [1.165, 1.54) is 47.8 Å². The van der Waals surface area contributed by atoms with Gasteiger partial charge in [-0.3, -0.25) is 47.4 Å². The number of amidine groups is 3. The first-order valence-corrected chi connectivity index (χ1v) is 49.1. The SMILES string of the molecule is C=CC(=O)N1C[C@H](C)N(C2=N[P@@](C)(=O)N(c3c(C)ccnc3C(C)C)c3nc(-c4ccccc4F)c(Cl)cc32)C[C@H]1C.C=CC(=O)N1C[C@H](C)N(C2=N[P@](C)(=O)N(c3c(C)ccnc3C(C)C)c3nc(-c4ccccc4F)c(Cl)cc32)C[C@H]1C.C=CC(=O)N1C[C@H](C)N(C2=N[P@](C)(=O)N(c3scnc3C(C)C)c3nc(-c4ccccc4F)c(Cl)cc32)C[C@H]1C. The van der Waals surface area contributed by atoms with E-state index in [9.17, 15) is 32.5 Å². The summed E-state index contributed by atoms with van der Waals surface area (Å²) in [7, 11) is -10.6. The number of piperazine rings is 3. The molecule has 9 aromatic rings. The molecule has 124 heavy (non-hydrogen) atoms. The molecular weight excluding hydrogens is 1720 g/mol. The molecule has 0 N–H and O–H groups in total. The van der Waals surface area contributed by atoms with Gasteiger partial charge < -0.3 is 29.4 Å². The van der Waals surface area contributed by atoms with E-state index >= 15 is 8.78 Å². The largest absolute Gasteiger partial charge is 0.349 e. The number of carbonyl (C=O) groups excluding carboxylic acids is 3. The lowest BCUT2D eigenvalue weighted by Gasteiger charge is -2.47. The zero-order valence-electron chi connectivity index (χ0n) is 72.4. The van der Waals surface area contributed by atoms with Crippen molar-refractivity contribution in [2.75, 3.05) is 73.3 Å². The van der Waals surface area contributed by atoms with Gasteiger partial charge in [-0.2, -0.15) is 14.3 Å². The van der Waals surface area contributed by atoms with Crippen LogP contribution >= 0.6 is 68.5 Å². The molecule has 0 radical (unpaired) electrons. The number of halogens is 6. The highest BCUT2D eigenvalue weighted by Gasteiger charge is 2.48. The number of amides is 3. The van der Waals surface area contributed by atoms with Crippen molar-refractivity contribution in [3.8, 4) is 33.8 Å². The molecule has 24 nitrogen and oxygen atoms in total. The second kappa shape index (κ2) is 36.4. The molecule has 0 aliphatic carbocycles. The van der Waals surface area contributed by atoms with Crippen molar-refractivity contribution >= 4 is 138 Å². The maximum absolute atomic E-state index is 15.0. The molecule has 3 amide bonds. The normalized spacial score (nSPS) is 22.4. The molecule has 0 bridgehead atoms. The van der Waals surface area contributed by atoms with E-state index in [2.05, 4.69) is 49.4 Å². The van der Waals surface area contributed by atoms with Crippen LogP contribution < -0.4 is 14.0 Å². The van der Waals surface area contributed by atoms with Gasteiger partial charge in [0.05, 0.1) is 82.8 Å². The van der Waals surface area contributed by atoms with E-state index in [1.54, 1.807) is 139 Å². The molecule has 34 heteroatoms. The Balaban J connectivity index is 0.000000160. The summed E-state index contributed by atoms with van der Waals surface area (Å²) in [5.41, 5.74) is 10.3. The van der Waals surface area contributed by atoms with Gasteiger partial charge in [-0.15, -0.1) is 11.3 Å². The number of aromatic nitrogens is 6. The maximum atomic E-state index is 15.0. The third-order valence-corrected chi connectivity index (χ3v) is 29.7. The van der Waals surface area contributed by atoms with Crippen LogP contribution in [0.25, 0.3) is 33.8 Å². The van der Waals surface area contributed by atoms with Crippen LogP contribution in [-0.4, -0.2) is 190 Å². The molecule has 6 aromatic heterocycles. The van der Waals surface area contributed by atoms with Crippen LogP contribution in [0.2, 0.25) is 15.1 Å². The molecule has 6 aliphatic heterocycles. The van der Waals surface area contributed by atoms with E-state index in [4.69, 9.17) is 64.0 Å². The van der Waals surface area contributed by atoms with Crippen LogP contribution in [0, 0.1) is 31.3 Å². The molecule has 15 rings (SSSR count). The van der Waals surface area contributed by atoms with Crippen molar-refractivity contribution in [3.05, 3.63) is 236 Å². The number of nitrogens with zero attached hydrogens (tertiary/aromatic N) is 18. The lowest BCUT2D eigenvalue weighted by atomic mass is 10.0. The molecule has 0 saturated carbocycles. The number of hydrogen-bond donors (Lipinski definition) is 0. The quantitative estimate of drug-likeness (QED) is 0.0814. The van der Waals surface area contributed by atoms with Crippen LogP contribution in [0.4, 0.5) is 47.0 Å². The summed E-state index contributed by atoms with van der Waals surface area (Å²) >= 11 is 21.8. The average Bonchev–Trinajstić information content (AvgIpc) is 0.838. The molecule has 9 atom stereocenters. The Morgan fingerprint density at radius 2 is 0.718 bits per heavy atom. The van der Waals surface area contributed by atoms with Gasteiger partial charge in [0.15, 0.2) is 17.5 Å². The van der Waals surface area contributed by atoms with Gasteiger partial charge in [0, 0.05) is 125 Å². The molecule has 12 heterocycles. The number of aryl methyl sites for hydroxylation is 2. The van der Waals surface area contributed by atoms with Gasteiger partial charge in [-0.1, -0.05) is 132 Å². The van der Waals surface area contributed by atoms with E-state index in [0.717, 1.165) is 28.2 Å². The third kappa shape index (κ3) is 17.5. The summed E-state index contributed by atoms with van der Waals surface area (Å²) in [5, 5.41) is 1.42. The summed E-state index contributed by atoms with van der Waals surface area (Å²) in [4.78, 5) is 77.6. The smallest absolute Gasteiger partial charge is 0.286 e. The molecule has 0 unspecified atom stereocenters. The standard InChI is InChI=1S/2C31H35ClFN6O2P.C28H31ClFN6O2PS/c2*1-8-26(40)37-16-21(6)38(17-20(37)5)31-23-15-24(32)28(22-11-9-10-12-25(22)33)35-30(23)39(42(7,41)36-31)29-19(4)13-14-34-27(29)18(2)3;1-7-23(37)34-13-18(5)35(14-17(34)4)27-20-12-21(29)25(19-10-8-9-11-22(19)30)32-26(20)36(39(6,38)33-27)28-24(16(2)3)31-15-40-28/h2*8-15,18,20-21H,1,16-17H2,2-7H3;7-12,15-18H,1,13-14H2,2-6H3/t20-,21+,42+;20-,21+,42-;17-,18+,39+/m111/s1. The van der Waals surface area contributed by atoms with E-state index in [0.29, 0.717) is 107 Å². The lowest BCUT2D eigenvalue weighted by molar-refractivity contribution is -0.131. The lowest BCUT2D eigenvalue weighted by Crippen LogP contribution is -2.59. The van der Waals surface area contributed by atoms with Gasteiger partial charge in [0.2, 0.25) is 17.7 Å². The van der Waals surface area contributed by atoms with Crippen LogP contribution in [0.3, 0.4) is 0 Å². The Bertz CT molecular complexity index is 5790. The van der Waals surface area contributed by atoms with Crippen molar-refractivity contribution in [2.45, 2.75) is 151 Å². The van der Waals surface area contributed by atoms with Crippen LogP contribution in [0.15, 0.2) is 173 Å². The second-order valence-electron chi connectivity index (χ2n) is 33.1. The second-order valence-corrected chi connectivity index (χ2v) is 42.0. The van der Waals surface area contributed by atoms with Gasteiger partial charge in [-0.25, -0.2) is 37.8 Å². The molecule has 3 aromatic carbocycles. The van der Waals surface area contributed by atoms with Crippen LogP contribution in [-0.2, 0) is 28.1 Å². The van der Waals surface area contributed by atoms with Gasteiger partial charge in [-0.05, 0) is 169 Å². The number of fused-ring (bicyclic) bond motifs is 3. The number of benzene rings is 3. The predicted molar refractivity (Wildman–Crippen MR) is 495 cm³/mol. The third-order valence-electron chi connectivity index (χ3n) is 22.8. The summed E-state index contributed by atoms with van der Waals surface area (Å²) in [6, 6.07) is 27.0. The van der Waals surface area contributed by atoms with Crippen molar-refractivity contribution in [1.82, 2.24) is 59.3 Å². The Labute approximate surface area is 741 Å². The summed E-state index contributed by atoms with van der Waals surface area (Å²) in [5.74, 6) is 0.882. The van der Waals surface area contributed by atoms with Crippen LogP contribution in [0.1, 0.15) is 146 Å². The number of carbonyl (C=O) groups is 3.